The number of anilines is 1. The van der Waals surface area contributed by atoms with Gasteiger partial charge in [0.1, 0.15) is 0 Å². The Labute approximate surface area is 123 Å². The molecule has 1 unspecified atom stereocenters. The molecule has 0 aromatic heterocycles. The average Bonchev–Trinajstić information content (AvgIpc) is 2.42. The summed E-state index contributed by atoms with van der Waals surface area (Å²) in [5.74, 6) is 1.10. The maximum Gasteiger partial charge on any atom is 0.0420 e. The van der Waals surface area contributed by atoms with Gasteiger partial charge in [-0.3, -0.25) is 0 Å². The van der Waals surface area contributed by atoms with Gasteiger partial charge in [0.05, 0.1) is 0 Å². The Morgan fingerprint density at radius 2 is 1.79 bits per heavy atom. The highest BCUT2D eigenvalue weighted by molar-refractivity contribution is 9.10. The van der Waals surface area contributed by atoms with E-state index in [4.69, 9.17) is 5.73 Å². The highest BCUT2D eigenvalue weighted by atomic mass is 79.9. The van der Waals surface area contributed by atoms with Crippen molar-refractivity contribution in [1.29, 1.82) is 0 Å². The standard InChI is InChI=1S/C16H21BrN2/c1-11(2)12(9-18)10-19-16-8-7-15(17)13-5-3-4-6-14(13)16/h3-8,11-12,19H,9-10,18H2,1-2H3. The smallest absolute Gasteiger partial charge is 0.0420 e. The second kappa shape index (κ2) is 6.40. The van der Waals surface area contributed by atoms with E-state index in [0.717, 1.165) is 17.6 Å². The van der Waals surface area contributed by atoms with Gasteiger partial charge in [-0.2, -0.15) is 0 Å². The summed E-state index contributed by atoms with van der Waals surface area (Å²) in [5.41, 5.74) is 7.01. The van der Waals surface area contributed by atoms with E-state index in [2.05, 4.69) is 71.5 Å². The molecule has 19 heavy (non-hydrogen) atoms. The fraction of sp³-hybridized carbons (Fsp3) is 0.375. The summed E-state index contributed by atoms with van der Waals surface area (Å²) in [6.45, 7) is 6.08. The van der Waals surface area contributed by atoms with Crippen LogP contribution in [-0.4, -0.2) is 13.1 Å². The van der Waals surface area contributed by atoms with Gasteiger partial charge in [-0.1, -0.05) is 54.0 Å². The number of nitrogens with one attached hydrogen (secondary N) is 1. The zero-order valence-electron chi connectivity index (χ0n) is 11.5. The monoisotopic (exact) mass is 320 g/mol. The maximum atomic E-state index is 5.83. The average molecular weight is 321 g/mol. The second-order valence-electron chi connectivity index (χ2n) is 5.26. The number of hydrogen-bond acceptors (Lipinski definition) is 2. The van der Waals surface area contributed by atoms with Crippen molar-refractivity contribution >= 4 is 32.4 Å². The normalized spacial score (nSPS) is 12.9. The fourth-order valence-corrected chi connectivity index (χ4v) is 2.73. The number of rotatable bonds is 5. The number of benzene rings is 2. The summed E-state index contributed by atoms with van der Waals surface area (Å²) < 4.78 is 1.13. The first-order chi connectivity index (χ1) is 9.13. The van der Waals surface area contributed by atoms with Gasteiger partial charge >= 0.3 is 0 Å². The van der Waals surface area contributed by atoms with Crippen LogP contribution in [-0.2, 0) is 0 Å². The summed E-state index contributed by atoms with van der Waals surface area (Å²) >= 11 is 3.60. The van der Waals surface area contributed by atoms with Crippen LogP contribution in [0.15, 0.2) is 40.9 Å². The second-order valence-corrected chi connectivity index (χ2v) is 6.12. The molecule has 2 rings (SSSR count). The molecule has 0 spiro atoms. The van der Waals surface area contributed by atoms with Gasteiger partial charge in [0.15, 0.2) is 0 Å². The zero-order valence-corrected chi connectivity index (χ0v) is 13.1. The molecule has 3 heteroatoms. The van der Waals surface area contributed by atoms with Gasteiger partial charge in [-0.25, -0.2) is 0 Å². The van der Waals surface area contributed by atoms with Crippen molar-refractivity contribution in [3.63, 3.8) is 0 Å². The molecule has 2 aromatic rings. The van der Waals surface area contributed by atoms with Crippen LogP contribution in [0.3, 0.4) is 0 Å². The first-order valence-electron chi connectivity index (χ1n) is 6.74. The van der Waals surface area contributed by atoms with Crippen molar-refractivity contribution in [2.75, 3.05) is 18.4 Å². The Morgan fingerprint density at radius 3 is 2.42 bits per heavy atom. The van der Waals surface area contributed by atoms with Crippen molar-refractivity contribution < 1.29 is 0 Å². The van der Waals surface area contributed by atoms with Gasteiger partial charge in [0.2, 0.25) is 0 Å². The van der Waals surface area contributed by atoms with Crippen molar-refractivity contribution in [2.24, 2.45) is 17.6 Å². The van der Waals surface area contributed by atoms with Gasteiger partial charge in [-0.15, -0.1) is 0 Å². The van der Waals surface area contributed by atoms with Crippen LogP contribution >= 0.6 is 15.9 Å². The summed E-state index contributed by atoms with van der Waals surface area (Å²) in [5, 5.41) is 6.03. The van der Waals surface area contributed by atoms with E-state index in [1.165, 1.54) is 16.5 Å². The largest absolute Gasteiger partial charge is 0.384 e. The molecule has 3 N–H and O–H groups in total. The summed E-state index contributed by atoms with van der Waals surface area (Å²) in [6.07, 6.45) is 0. The summed E-state index contributed by atoms with van der Waals surface area (Å²) in [4.78, 5) is 0. The first-order valence-corrected chi connectivity index (χ1v) is 7.54. The molecule has 102 valence electrons. The first kappa shape index (κ1) is 14.4. The van der Waals surface area contributed by atoms with Crippen LogP contribution in [0.4, 0.5) is 5.69 Å². The van der Waals surface area contributed by atoms with Crippen LogP contribution in [0.2, 0.25) is 0 Å². The molecule has 0 amide bonds. The van der Waals surface area contributed by atoms with Crippen molar-refractivity contribution in [2.45, 2.75) is 13.8 Å². The van der Waals surface area contributed by atoms with E-state index in [9.17, 15) is 0 Å². The Kier molecular flexibility index (Phi) is 4.83. The Bertz CT molecular complexity index is 551. The predicted octanol–water partition coefficient (Wildman–Crippen LogP) is 4.25. The van der Waals surface area contributed by atoms with Gasteiger partial charge < -0.3 is 11.1 Å². The highest BCUT2D eigenvalue weighted by Crippen LogP contribution is 2.30. The maximum absolute atomic E-state index is 5.83. The van der Waals surface area contributed by atoms with E-state index < -0.39 is 0 Å². The SMILES string of the molecule is CC(C)C(CN)CNc1ccc(Br)c2ccccc12. The fourth-order valence-electron chi connectivity index (χ4n) is 2.25. The molecule has 0 fully saturated rings. The molecule has 0 saturated carbocycles. The third-order valence-corrected chi connectivity index (χ3v) is 4.36. The van der Waals surface area contributed by atoms with Crippen LogP contribution in [0.5, 0.6) is 0 Å². The van der Waals surface area contributed by atoms with Crippen LogP contribution in [0.1, 0.15) is 13.8 Å². The predicted molar refractivity (Wildman–Crippen MR) is 87.5 cm³/mol. The zero-order chi connectivity index (χ0) is 13.8. The number of hydrogen-bond donors (Lipinski definition) is 2. The van der Waals surface area contributed by atoms with E-state index in [0.29, 0.717) is 11.8 Å². The van der Waals surface area contributed by atoms with E-state index in [-0.39, 0.29) is 0 Å². The molecule has 0 heterocycles. The van der Waals surface area contributed by atoms with Crippen molar-refractivity contribution in [3.8, 4) is 0 Å². The lowest BCUT2D eigenvalue weighted by molar-refractivity contribution is 0.413. The topological polar surface area (TPSA) is 38.0 Å². The Morgan fingerprint density at radius 1 is 1.11 bits per heavy atom. The molecule has 0 radical (unpaired) electrons. The minimum atomic E-state index is 0.502. The number of fused-ring (bicyclic) bond motifs is 1. The minimum Gasteiger partial charge on any atom is -0.384 e. The minimum absolute atomic E-state index is 0.502. The quantitative estimate of drug-likeness (QED) is 0.864. The van der Waals surface area contributed by atoms with Crippen LogP contribution in [0.25, 0.3) is 10.8 Å². The summed E-state index contributed by atoms with van der Waals surface area (Å²) in [7, 11) is 0. The van der Waals surface area contributed by atoms with E-state index in [1.54, 1.807) is 0 Å². The lowest BCUT2D eigenvalue weighted by Gasteiger charge is -2.20. The molecule has 0 bridgehead atoms. The molecule has 0 aliphatic rings. The third kappa shape index (κ3) is 3.28. The molecule has 1 atom stereocenters. The van der Waals surface area contributed by atoms with Gasteiger partial charge in [0, 0.05) is 22.1 Å². The third-order valence-electron chi connectivity index (χ3n) is 3.67. The number of nitrogens with two attached hydrogens (primary N) is 1. The molecule has 0 aliphatic carbocycles. The Balaban J connectivity index is 2.24. The summed E-state index contributed by atoms with van der Waals surface area (Å²) in [6, 6.07) is 12.6. The van der Waals surface area contributed by atoms with Gasteiger partial charge in [0.25, 0.3) is 0 Å². The molecular weight excluding hydrogens is 300 g/mol. The lowest BCUT2D eigenvalue weighted by atomic mass is 9.96. The molecule has 2 nitrogen and oxygen atoms in total. The number of halogens is 1. The molecule has 0 aliphatic heterocycles. The van der Waals surface area contributed by atoms with Crippen molar-refractivity contribution in [3.05, 3.63) is 40.9 Å². The van der Waals surface area contributed by atoms with Crippen LogP contribution in [0, 0.1) is 11.8 Å². The molecular formula is C16H21BrN2. The molecule has 0 saturated heterocycles. The lowest BCUT2D eigenvalue weighted by Crippen LogP contribution is -2.27. The van der Waals surface area contributed by atoms with E-state index in [1.807, 2.05) is 0 Å². The van der Waals surface area contributed by atoms with Gasteiger partial charge in [-0.05, 0) is 35.9 Å². The van der Waals surface area contributed by atoms with Crippen LogP contribution < -0.4 is 11.1 Å². The molecule has 2 aromatic carbocycles. The van der Waals surface area contributed by atoms with Crippen molar-refractivity contribution in [1.82, 2.24) is 0 Å². The Hall–Kier alpha value is -1.06. The highest BCUT2D eigenvalue weighted by Gasteiger charge is 2.12. The van der Waals surface area contributed by atoms with E-state index >= 15 is 0 Å².